The van der Waals surface area contributed by atoms with Gasteiger partial charge in [0.05, 0.1) is 19.3 Å². The normalized spacial score (nSPS) is 28.4. The number of likely N-dealkylation sites (tertiary alicyclic amines) is 1. The van der Waals surface area contributed by atoms with Crippen molar-refractivity contribution in [3.8, 4) is 0 Å². The number of piperidine rings is 1. The minimum atomic E-state index is -0.154. The third-order valence-corrected chi connectivity index (χ3v) is 4.66. The van der Waals surface area contributed by atoms with Gasteiger partial charge < -0.3 is 24.5 Å². The number of nitrogens with zero attached hydrogens (tertiary/aromatic N) is 1. The average Bonchev–Trinajstić information content (AvgIpc) is 2.49. The van der Waals surface area contributed by atoms with Crippen LogP contribution >= 0.6 is 0 Å². The molecular formula is C14H29N3O3+2. The molecule has 2 fully saturated rings. The topological polar surface area (TPSA) is 58.6 Å². The number of hydrogen-bond acceptors (Lipinski definition) is 3. The highest BCUT2D eigenvalue weighted by atomic mass is 16.6. The number of aliphatic hydroxyl groups is 1. The van der Waals surface area contributed by atoms with Crippen LogP contribution in [0.2, 0.25) is 0 Å². The van der Waals surface area contributed by atoms with Gasteiger partial charge in [0.25, 0.3) is 0 Å². The Kier molecular flexibility index (Phi) is 6.06. The SMILES string of the molecule is CCOC(=O)N1CCC([NH+]2CC[NH+](CCO)CC2)CC1. The standard InChI is InChI=1S/C14H27N3O3/c1-2-20-14(19)17-5-3-13(4-6-17)16-9-7-15(8-10-16)11-12-18/h13,18H,2-12H2,1H3/p+2. The third kappa shape index (κ3) is 4.07. The maximum Gasteiger partial charge on any atom is 0.409 e. The molecule has 0 aliphatic carbocycles. The van der Waals surface area contributed by atoms with Crippen LogP contribution in [0.5, 0.6) is 0 Å². The first-order valence-electron chi connectivity index (χ1n) is 7.95. The number of amides is 1. The molecular weight excluding hydrogens is 258 g/mol. The Morgan fingerprint density at radius 1 is 1.25 bits per heavy atom. The highest BCUT2D eigenvalue weighted by Gasteiger charge is 2.33. The van der Waals surface area contributed by atoms with Crippen molar-refractivity contribution in [1.29, 1.82) is 0 Å². The summed E-state index contributed by atoms with van der Waals surface area (Å²) in [6.07, 6.45) is 2.02. The number of rotatable bonds is 4. The molecule has 2 aliphatic rings. The number of carbonyl (C=O) groups excluding carboxylic acids is 1. The molecule has 0 unspecified atom stereocenters. The van der Waals surface area contributed by atoms with E-state index in [0.29, 0.717) is 19.3 Å². The zero-order chi connectivity index (χ0) is 14.4. The van der Waals surface area contributed by atoms with Gasteiger partial charge in [-0.15, -0.1) is 0 Å². The molecule has 0 bridgehead atoms. The van der Waals surface area contributed by atoms with E-state index in [2.05, 4.69) is 0 Å². The molecule has 2 aliphatic heterocycles. The lowest BCUT2D eigenvalue weighted by Gasteiger charge is -2.38. The van der Waals surface area contributed by atoms with Crippen molar-refractivity contribution >= 4 is 6.09 Å². The molecule has 3 N–H and O–H groups in total. The second-order valence-electron chi connectivity index (χ2n) is 5.84. The van der Waals surface area contributed by atoms with Gasteiger partial charge in [-0.05, 0) is 6.92 Å². The van der Waals surface area contributed by atoms with Crippen LogP contribution in [0.25, 0.3) is 0 Å². The fourth-order valence-electron chi connectivity index (χ4n) is 3.43. The Bertz CT molecular complexity index is 298. The van der Waals surface area contributed by atoms with Crippen LogP contribution in [0.15, 0.2) is 0 Å². The molecule has 0 spiro atoms. The van der Waals surface area contributed by atoms with Crippen molar-refractivity contribution in [2.45, 2.75) is 25.8 Å². The van der Waals surface area contributed by atoms with Crippen molar-refractivity contribution in [2.75, 3.05) is 59.0 Å². The molecule has 6 heteroatoms. The summed E-state index contributed by atoms with van der Waals surface area (Å²) in [4.78, 5) is 16.7. The van der Waals surface area contributed by atoms with Crippen LogP contribution in [-0.2, 0) is 4.74 Å². The van der Waals surface area contributed by atoms with Gasteiger partial charge in [0.15, 0.2) is 0 Å². The molecule has 2 saturated heterocycles. The Hall–Kier alpha value is -0.850. The molecule has 0 aromatic heterocycles. The van der Waals surface area contributed by atoms with Gasteiger partial charge >= 0.3 is 6.09 Å². The lowest BCUT2D eigenvalue weighted by Crippen LogP contribution is -3.30. The number of aliphatic hydroxyl groups excluding tert-OH is 1. The van der Waals surface area contributed by atoms with Crippen LogP contribution in [-0.4, -0.2) is 81.2 Å². The average molecular weight is 287 g/mol. The summed E-state index contributed by atoms with van der Waals surface area (Å²) >= 11 is 0. The van der Waals surface area contributed by atoms with Crippen molar-refractivity contribution < 1.29 is 24.4 Å². The third-order valence-electron chi connectivity index (χ3n) is 4.66. The summed E-state index contributed by atoms with van der Waals surface area (Å²) < 4.78 is 5.06. The second-order valence-corrected chi connectivity index (χ2v) is 5.84. The van der Waals surface area contributed by atoms with Crippen LogP contribution in [0, 0.1) is 0 Å². The van der Waals surface area contributed by atoms with Crippen molar-refractivity contribution in [2.24, 2.45) is 0 Å². The lowest BCUT2D eigenvalue weighted by molar-refractivity contribution is -1.02. The van der Waals surface area contributed by atoms with E-state index >= 15 is 0 Å². The predicted molar refractivity (Wildman–Crippen MR) is 75.0 cm³/mol. The van der Waals surface area contributed by atoms with E-state index in [1.54, 1.807) is 4.90 Å². The maximum atomic E-state index is 11.7. The van der Waals surface area contributed by atoms with Crippen molar-refractivity contribution in [3.05, 3.63) is 0 Å². The quantitative estimate of drug-likeness (QED) is 0.531. The Morgan fingerprint density at radius 3 is 2.45 bits per heavy atom. The zero-order valence-corrected chi connectivity index (χ0v) is 12.6. The first-order valence-corrected chi connectivity index (χ1v) is 7.95. The van der Waals surface area contributed by atoms with E-state index in [4.69, 9.17) is 9.84 Å². The first kappa shape index (κ1) is 15.5. The van der Waals surface area contributed by atoms with Gasteiger partial charge in [-0.2, -0.15) is 0 Å². The lowest BCUT2D eigenvalue weighted by atomic mass is 10.0. The number of nitrogens with one attached hydrogen (secondary N) is 2. The van der Waals surface area contributed by atoms with E-state index in [1.165, 1.54) is 18.0 Å². The summed E-state index contributed by atoms with van der Waals surface area (Å²) in [5.74, 6) is 0. The minimum absolute atomic E-state index is 0.154. The maximum absolute atomic E-state index is 11.7. The molecule has 2 rings (SSSR count). The van der Waals surface area contributed by atoms with E-state index in [0.717, 1.165) is 45.6 Å². The molecule has 1 amide bonds. The zero-order valence-electron chi connectivity index (χ0n) is 12.6. The van der Waals surface area contributed by atoms with Crippen LogP contribution < -0.4 is 9.80 Å². The molecule has 0 saturated carbocycles. The first-order chi connectivity index (χ1) is 9.74. The summed E-state index contributed by atoms with van der Waals surface area (Å²) in [6, 6.07) is 0.691. The van der Waals surface area contributed by atoms with Gasteiger partial charge in [-0.1, -0.05) is 0 Å². The van der Waals surface area contributed by atoms with Crippen molar-refractivity contribution in [1.82, 2.24) is 4.90 Å². The molecule has 0 aromatic carbocycles. The monoisotopic (exact) mass is 287 g/mol. The number of piperazine rings is 1. The Labute approximate surface area is 121 Å². The smallest absolute Gasteiger partial charge is 0.409 e. The Balaban J connectivity index is 1.70. The number of ether oxygens (including phenoxy) is 1. The number of carbonyl (C=O) groups is 1. The summed E-state index contributed by atoms with van der Waals surface area (Å²) in [5.41, 5.74) is 0. The van der Waals surface area contributed by atoms with Gasteiger partial charge in [-0.3, -0.25) is 0 Å². The molecule has 20 heavy (non-hydrogen) atoms. The molecule has 0 radical (unpaired) electrons. The van der Waals surface area contributed by atoms with Crippen molar-refractivity contribution in [3.63, 3.8) is 0 Å². The Morgan fingerprint density at radius 2 is 1.90 bits per heavy atom. The fraction of sp³-hybridized carbons (Fsp3) is 0.929. The predicted octanol–water partition coefficient (Wildman–Crippen LogP) is -2.62. The minimum Gasteiger partial charge on any atom is -0.450 e. The molecule has 6 nitrogen and oxygen atoms in total. The molecule has 116 valence electrons. The van der Waals surface area contributed by atoms with Crippen LogP contribution in [0.1, 0.15) is 19.8 Å². The number of hydrogen-bond donors (Lipinski definition) is 3. The molecule has 0 aromatic rings. The highest BCUT2D eigenvalue weighted by molar-refractivity contribution is 5.67. The van der Waals surface area contributed by atoms with Gasteiger partial charge in [0, 0.05) is 25.9 Å². The van der Waals surface area contributed by atoms with E-state index in [1.807, 2.05) is 11.8 Å². The summed E-state index contributed by atoms with van der Waals surface area (Å²) in [5, 5.41) is 8.98. The van der Waals surface area contributed by atoms with Gasteiger partial charge in [0.2, 0.25) is 0 Å². The second kappa shape index (κ2) is 7.81. The van der Waals surface area contributed by atoms with E-state index < -0.39 is 0 Å². The summed E-state index contributed by atoms with van der Waals surface area (Å²) in [7, 11) is 0. The summed E-state index contributed by atoms with van der Waals surface area (Å²) in [6.45, 7) is 9.86. The molecule has 2 heterocycles. The van der Waals surface area contributed by atoms with E-state index in [9.17, 15) is 4.79 Å². The van der Waals surface area contributed by atoms with Gasteiger partial charge in [0.1, 0.15) is 32.7 Å². The highest BCUT2D eigenvalue weighted by Crippen LogP contribution is 2.09. The molecule has 0 atom stereocenters. The van der Waals surface area contributed by atoms with Crippen LogP contribution in [0.3, 0.4) is 0 Å². The fourth-order valence-corrected chi connectivity index (χ4v) is 3.43. The van der Waals surface area contributed by atoms with Crippen LogP contribution in [0.4, 0.5) is 4.79 Å². The van der Waals surface area contributed by atoms with Gasteiger partial charge in [-0.25, -0.2) is 4.79 Å². The van der Waals surface area contributed by atoms with E-state index in [-0.39, 0.29) is 6.09 Å². The largest absolute Gasteiger partial charge is 0.450 e. The number of quaternary nitrogens is 2.